The minimum atomic E-state index is -4.53. The number of carbonyl (C=O) groups excluding carboxylic acids is 4. The van der Waals surface area contributed by atoms with Crippen molar-refractivity contribution in [3.8, 4) is 17.0 Å². The lowest BCUT2D eigenvalue weighted by Gasteiger charge is -2.18. The van der Waals surface area contributed by atoms with Gasteiger partial charge in [-0.3, -0.25) is 19.4 Å². The molecule has 14 heteroatoms. The summed E-state index contributed by atoms with van der Waals surface area (Å²) < 4.78 is 50.1. The molecule has 0 spiro atoms. The molecule has 1 heterocycles. The number of nitrogens with zero attached hydrogens (tertiary/aromatic N) is 2. The van der Waals surface area contributed by atoms with Crippen LogP contribution >= 0.6 is 0 Å². The second kappa shape index (κ2) is 17.2. The molecule has 4 aromatic rings. The van der Waals surface area contributed by atoms with Crippen molar-refractivity contribution in [2.75, 3.05) is 26.0 Å². The number of nitrogens with one attached hydrogen (secondary N) is 1. The van der Waals surface area contributed by atoms with E-state index in [0.717, 1.165) is 18.2 Å². The van der Waals surface area contributed by atoms with Crippen molar-refractivity contribution >= 4 is 35.4 Å². The Morgan fingerprint density at radius 1 is 0.907 bits per heavy atom. The van der Waals surface area contributed by atoms with Gasteiger partial charge in [0.1, 0.15) is 11.3 Å². The molecule has 4 rings (SSSR count). The molecule has 1 aromatic heterocycles. The van der Waals surface area contributed by atoms with Crippen LogP contribution in [-0.4, -0.2) is 65.4 Å². The lowest BCUT2D eigenvalue weighted by Crippen LogP contribution is -2.24. The molecule has 0 saturated carbocycles. The van der Waals surface area contributed by atoms with Crippen LogP contribution in [0.1, 0.15) is 103 Å². The first-order valence-electron chi connectivity index (χ1n) is 17.0. The molecular formula is C40H40F3N3O8. The minimum Gasteiger partial charge on any atom is -0.478 e. The summed E-state index contributed by atoms with van der Waals surface area (Å²) in [5.74, 6) is -4.31. The number of anilines is 1. The second-order valence-electron chi connectivity index (χ2n) is 12.9. The predicted molar refractivity (Wildman–Crippen MR) is 194 cm³/mol. The number of pyridine rings is 1. The van der Waals surface area contributed by atoms with Gasteiger partial charge in [-0.2, -0.15) is 13.2 Å². The molecule has 284 valence electrons. The van der Waals surface area contributed by atoms with Gasteiger partial charge in [-0.05, 0) is 92.3 Å². The monoisotopic (exact) mass is 747 g/mol. The summed E-state index contributed by atoms with van der Waals surface area (Å²) >= 11 is 0. The number of ether oxygens (including phenoxy) is 2. The highest BCUT2D eigenvalue weighted by Crippen LogP contribution is 2.34. The van der Waals surface area contributed by atoms with E-state index in [0.29, 0.717) is 28.8 Å². The van der Waals surface area contributed by atoms with Gasteiger partial charge in [0.05, 0.1) is 40.2 Å². The molecule has 0 fully saturated rings. The van der Waals surface area contributed by atoms with Gasteiger partial charge in [-0.1, -0.05) is 32.0 Å². The van der Waals surface area contributed by atoms with E-state index in [-0.39, 0.29) is 64.8 Å². The number of aryl methyl sites for hydroxylation is 2. The van der Waals surface area contributed by atoms with E-state index >= 15 is 0 Å². The summed E-state index contributed by atoms with van der Waals surface area (Å²) in [6.45, 7) is 6.93. The van der Waals surface area contributed by atoms with Crippen molar-refractivity contribution in [1.82, 2.24) is 9.88 Å². The molecule has 3 aromatic carbocycles. The smallest absolute Gasteiger partial charge is 0.416 e. The van der Waals surface area contributed by atoms with E-state index in [1.54, 1.807) is 66.1 Å². The molecule has 54 heavy (non-hydrogen) atoms. The highest BCUT2D eigenvalue weighted by Gasteiger charge is 2.30. The van der Waals surface area contributed by atoms with Gasteiger partial charge in [0.15, 0.2) is 0 Å². The summed E-state index contributed by atoms with van der Waals surface area (Å²) in [5, 5.41) is 12.6. The van der Waals surface area contributed by atoms with Crippen LogP contribution in [0.2, 0.25) is 0 Å². The van der Waals surface area contributed by atoms with Crippen LogP contribution in [-0.2, 0) is 22.1 Å². The second-order valence-corrected chi connectivity index (χ2v) is 12.9. The van der Waals surface area contributed by atoms with E-state index < -0.39 is 41.5 Å². The number of hydrogen-bond acceptors (Lipinski definition) is 8. The molecule has 0 unspecified atom stereocenters. The van der Waals surface area contributed by atoms with Crippen LogP contribution in [0.4, 0.5) is 18.9 Å². The Hall–Kier alpha value is -6.05. The van der Waals surface area contributed by atoms with Gasteiger partial charge in [-0.25, -0.2) is 9.59 Å². The first kappa shape index (κ1) is 40.7. The molecular weight excluding hydrogens is 707 g/mol. The van der Waals surface area contributed by atoms with Crippen LogP contribution < -0.4 is 10.1 Å². The SMILES string of the molecule is CCOC(=O)c1cc(C(=O)O)c(OC(=O)CCCc2ccc(NC(=O)c3ccc(C)nc3-c3ccc(C(F)(F)F)cc3)c(C(=O)N(C)C)c2)c(C(C)C)c1. The first-order chi connectivity index (χ1) is 25.4. The normalized spacial score (nSPS) is 11.2. The van der Waals surface area contributed by atoms with Gasteiger partial charge in [0.25, 0.3) is 11.8 Å². The maximum atomic E-state index is 13.6. The third kappa shape index (κ3) is 9.88. The lowest BCUT2D eigenvalue weighted by atomic mass is 9.95. The number of halogens is 3. The third-order valence-corrected chi connectivity index (χ3v) is 8.28. The molecule has 0 aliphatic rings. The van der Waals surface area contributed by atoms with E-state index in [2.05, 4.69) is 10.3 Å². The van der Waals surface area contributed by atoms with Gasteiger partial charge in [0.2, 0.25) is 0 Å². The van der Waals surface area contributed by atoms with Gasteiger partial charge >= 0.3 is 24.1 Å². The van der Waals surface area contributed by atoms with Crippen LogP contribution in [0.3, 0.4) is 0 Å². The number of amides is 2. The summed E-state index contributed by atoms with van der Waals surface area (Å²) in [6, 6.07) is 14.8. The molecule has 0 bridgehead atoms. The Morgan fingerprint density at radius 3 is 2.19 bits per heavy atom. The molecule has 0 radical (unpaired) electrons. The molecule has 2 N–H and O–H groups in total. The summed E-state index contributed by atoms with van der Waals surface area (Å²) in [6.07, 6.45) is -4.08. The topological polar surface area (TPSA) is 152 Å². The highest BCUT2D eigenvalue weighted by molar-refractivity contribution is 6.11. The van der Waals surface area contributed by atoms with E-state index in [4.69, 9.17) is 9.47 Å². The zero-order chi connectivity index (χ0) is 39.9. The lowest BCUT2D eigenvalue weighted by molar-refractivity contribution is -0.137. The fraction of sp³-hybridized carbons (Fsp3) is 0.300. The van der Waals surface area contributed by atoms with Crippen molar-refractivity contribution in [3.63, 3.8) is 0 Å². The number of hydrogen-bond donors (Lipinski definition) is 2. The molecule has 11 nitrogen and oxygen atoms in total. The van der Waals surface area contributed by atoms with Crippen molar-refractivity contribution < 1.29 is 51.7 Å². The number of esters is 2. The van der Waals surface area contributed by atoms with Crippen LogP contribution in [0.5, 0.6) is 5.75 Å². The Labute approximate surface area is 310 Å². The van der Waals surface area contributed by atoms with Crippen molar-refractivity contribution in [2.24, 2.45) is 0 Å². The van der Waals surface area contributed by atoms with Crippen molar-refractivity contribution in [1.29, 1.82) is 0 Å². The Morgan fingerprint density at radius 2 is 1.59 bits per heavy atom. The van der Waals surface area contributed by atoms with Crippen LogP contribution in [0.15, 0.2) is 66.7 Å². The number of rotatable bonds is 13. The van der Waals surface area contributed by atoms with E-state index in [9.17, 15) is 42.3 Å². The maximum Gasteiger partial charge on any atom is 0.416 e. The minimum absolute atomic E-state index is 0.0237. The third-order valence-electron chi connectivity index (χ3n) is 8.28. The van der Waals surface area contributed by atoms with Gasteiger partial charge in [0, 0.05) is 31.8 Å². The zero-order valence-corrected chi connectivity index (χ0v) is 30.6. The number of carbonyl (C=O) groups is 5. The Balaban J connectivity index is 1.53. The van der Waals surface area contributed by atoms with Gasteiger partial charge in [-0.15, -0.1) is 0 Å². The molecule has 0 aliphatic carbocycles. The quantitative estimate of drug-likeness (QED) is 0.103. The molecule has 0 atom stereocenters. The fourth-order valence-electron chi connectivity index (χ4n) is 5.53. The number of carboxylic acid groups (broad SMARTS) is 1. The molecule has 2 amide bonds. The number of alkyl halides is 3. The highest BCUT2D eigenvalue weighted by atomic mass is 19.4. The van der Waals surface area contributed by atoms with Gasteiger partial charge < -0.3 is 24.8 Å². The average molecular weight is 748 g/mol. The maximum absolute atomic E-state index is 13.6. The van der Waals surface area contributed by atoms with E-state index in [1.807, 2.05) is 0 Å². The van der Waals surface area contributed by atoms with Crippen molar-refractivity contribution in [3.05, 3.63) is 111 Å². The van der Waals surface area contributed by atoms with Crippen molar-refractivity contribution in [2.45, 2.75) is 59.1 Å². The summed E-state index contributed by atoms with van der Waals surface area (Å²) in [7, 11) is 3.08. The number of aromatic carboxylic acids is 1. The van der Waals surface area contributed by atoms with Crippen LogP contribution in [0, 0.1) is 6.92 Å². The number of carboxylic acids is 1. The number of aromatic nitrogens is 1. The zero-order valence-electron chi connectivity index (χ0n) is 30.6. The Bertz CT molecular complexity index is 2080. The molecule has 0 saturated heterocycles. The van der Waals surface area contributed by atoms with Crippen LogP contribution in [0.25, 0.3) is 11.3 Å². The largest absolute Gasteiger partial charge is 0.478 e. The molecule has 0 aliphatic heterocycles. The first-order valence-corrected chi connectivity index (χ1v) is 17.0. The fourth-order valence-corrected chi connectivity index (χ4v) is 5.53. The average Bonchev–Trinajstić information content (AvgIpc) is 3.11. The summed E-state index contributed by atoms with van der Waals surface area (Å²) in [4.78, 5) is 70.1. The predicted octanol–water partition coefficient (Wildman–Crippen LogP) is 7.96. The Kier molecular flexibility index (Phi) is 13.0. The van der Waals surface area contributed by atoms with E-state index in [1.165, 1.54) is 29.2 Å². The summed E-state index contributed by atoms with van der Waals surface area (Å²) in [5.41, 5.74) is 1.23. The number of benzene rings is 3. The standard InChI is InChI=1S/C40H40F3N3O8/c1-7-53-39(52)26-20-29(22(2)3)35(31(21-26)38(50)51)54-33(47)10-8-9-24-12-18-32(30(19-24)37(49)46(5)6)45-36(48)28-17-11-23(4)44-34(28)25-13-15-27(16-14-25)40(41,42)43/h11-22H,7-10H2,1-6H3,(H,45,48)(H,50,51).